The fourth-order valence-corrected chi connectivity index (χ4v) is 1.43. The number of aromatic carboxylic acids is 1. The fourth-order valence-electron chi connectivity index (χ4n) is 1.43. The van der Waals surface area contributed by atoms with E-state index < -0.39 is 5.97 Å². The molecule has 1 aromatic carbocycles. The Kier molecular flexibility index (Phi) is 3.68. The zero-order valence-corrected chi connectivity index (χ0v) is 8.60. The van der Waals surface area contributed by atoms with E-state index in [1.807, 2.05) is 6.92 Å². The van der Waals surface area contributed by atoms with Gasteiger partial charge < -0.3 is 15.9 Å². The van der Waals surface area contributed by atoms with E-state index in [0.29, 0.717) is 0 Å². The van der Waals surface area contributed by atoms with Gasteiger partial charge in [-0.15, -0.1) is 0 Å². The molecule has 0 aliphatic rings. The molecule has 0 bridgehead atoms. The predicted molar refractivity (Wildman–Crippen MR) is 56.9 cm³/mol. The average Bonchev–Trinajstić information content (AvgIpc) is 2.18. The van der Waals surface area contributed by atoms with Gasteiger partial charge in [-0.1, -0.05) is 19.4 Å². The normalized spacial score (nSPS) is 12.4. The van der Waals surface area contributed by atoms with Crippen molar-refractivity contribution in [1.29, 1.82) is 0 Å². The van der Waals surface area contributed by atoms with Crippen molar-refractivity contribution in [3.05, 3.63) is 29.3 Å². The lowest BCUT2D eigenvalue weighted by atomic mass is 10.0. The Balaban J connectivity index is 3.02. The van der Waals surface area contributed by atoms with Crippen LogP contribution in [0.25, 0.3) is 0 Å². The highest BCUT2D eigenvalue weighted by Gasteiger charge is 2.12. The van der Waals surface area contributed by atoms with Crippen LogP contribution < -0.4 is 5.73 Å². The highest BCUT2D eigenvalue weighted by atomic mass is 16.4. The summed E-state index contributed by atoms with van der Waals surface area (Å²) in [6, 6.07) is 4.28. The quantitative estimate of drug-likeness (QED) is 0.707. The maximum Gasteiger partial charge on any atom is 0.339 e. The molecule has 4 heteroatoms. The third kappa shape index (κ3) is 2.70. The molecular weight excluding hydrogens is 194 g/mol. The summed E-state index contributed by atoms with van der Waals surface area (Å²) in [4.78, 5) is 10.8. The number of hydrogen-bond acceptors (Lipinski definition) is 3. The summed E-state index contributed by atoms with van der Waals surface area (Å²) in [6.07, 6.45) is 1.73. The van der Waals surface area contributed by atoms with Crippen LogP contribution in [0.3, 0.4) is 0 Å². The first kappa shape index (κ1) is 11.5. The zero-order valence-electron chi connectivity index (χ0n) is 8.60. The van der Waals surface area contributed by atoms with Crippen molar-refractivity contribution in [2.24, 2.45) is 5.73 Å². The number of nitrogens with two attached hydrogens (primary N) is 1. The molecule has 4 nitrogen and oxygen atoms in total. The van der Waals surface area contributed by atoms with Crippen molar-refractivity contribution in [3.63, 3.8) is 0 Å². The van der Waals surface area contributed by atoms with Gasteiger partial charge >= 0.3 is 5.97 Å². The van der Waals surface area contributed by atoms with Crippen LogP contribution in [-0.4, -0.2) is 16.2 Å². The summed E-state index contributed by atoms with van der Waals surface area (Å²) in [7, 11) is 0. The number of aromatic hydroxyl groups is 1. The number of benzene rings is 1. The molecule has 1 rings (SSSR count). The van der Waals surface area contributed by atoms with Crippen molar-refractivity contribution in [2.75, 3.05) is 0 Å². The SMILES string of the molecule is CCCC(N)c1ccc(O)c(C(=O)O)c1. The van der Waals surface area contributed by atoms with Gasteiger partial charge in [0.25, 0.3) is 0 Å². The fraction of sp³-hybridized carbons (Fsp3) is 0.364. The molecule has 1 aromatic rings. The minimum atomic E-state index is -1.14. The Labute approximate surface area is 88.3 Å². The second-order valence-corrected chi connectivity index (χ2v) is 3.48. The Morgan fingerprint density at radius 2 is 2.20 bits per heavy atom. The van der Waals surface area contributed by atoms with E-state index in [1.54, 1.807) is 6.07 Å². The predicted octanol–water partition coefficient (Wildman–Crippen LogP) is 1.89. The highest BCUT2D eigenvalue weighted by Crippen LogP contribution is 2.23. The third-order valence-corrected chi connectivity index (χ3v) is 2.28. The number of carboxylic acid groups (broad SMARTS) is 1. The second-order valence-electron chi connectivity index (χ2n) is 3.48. The Hall–Kier alpha value is -1.55. The average molecular weight is 209 g/mol. The molecule has 0 aliphatic carbocycles. The van der Waals surface area contributed by atoms with Crippen LogP contribution in [0.15, 0.2) is 18.2 Å². The van der Waals surface area contributed by atoms with E-state index in [2.05, 4.69) is 0 Å². The molecule has 15 heavy (non-hydrogen) atoms. The van der Waals surface area contributed by atoms with E-state index in [9.17, 15) is 9.90 Å². The summed E-state index contributed by atoms with van der Waals surface area (Å²) >= 11 is 0. The second kappa shape index (κ2) is 4.79. The van der Waals surface area contributed by atoms with Crippen molar-refractivity contribution >= 4 is 5.97 Å². The van der Waals surface area contributed by atoms with Gasteiger partial charge in [0.15, 0.2) is 0 Å². The van der Waals surface area contributed by atoms with Crippen LogP contribution in [0.5, 0.6) is 5.75 Å². The largest absolute Gasteiger partial charge is 0.507 e. The third-order valence-electron chi connectivity index (χ3n) is 2.28. The van der Waals surface area contributed by atoms with E-state index >= 15 is 0 Å². The van der Waals surface area contributed by atoms with Gasteiger partial charge in [-0.2, -0.15) is 0 Å². The first-order valence-corrected chi connectivity index (χ1v) is 4.88. The standard InChI is InChI=1S/C11H15NO3/c1-2-3-9(12)7-4-5-10(13)8(6-7)11(14)15/h4-6,9,13H,2-3,12H2,1H3,(H,14,15). The lowest BCUT2D eigenvalue weighted by molar-refractivity contribution is 0.0693. The minimum absolute atomic E-state index is 0.0981. The lowest BCUT2D eigenvalue weighted by Gasteiger charge is -2.11. The molecule has 0 aromatic heterocycles. The number of rotatable bonds is 4. The molecule has 0 radical (unpaired) electrons. The van der Waals surface area contributed by atoms with Gasteiger partial charge in [-0.25, -0.2) is 4.79 Å². The molecule has 0 aliphatic heterocycles. The maximum absolute atomic E-state index is 10.8. The van der Waals surface area contributed by atoms with Crippen LogP contribution in [0, 0.1) is 0 Å². The number of carboxylic acids is 1. The van der Waals surface area contributed by atoms with Gasteiger partial charge in [0, 0.05) is 6.04 Å². The van der Waals surface area contributed by atoms with E-state index in [0.717, 1.165) is 18.4 Å². The van der Waals surface area contributed by atoms with Crippen molar-refractivity contribution in [2.45, 2.75) is 25.8 Å². The van der Waals surface area contributed by atoms with Crippen molar-refractivity contribution in [1.82, 2.24) is 0 Å². The van der Waals surface area contributed by atoms with E-state index in [-0.39, 0.29) is 17.4 Å². The first-order chi connectivity index (χ1) is 7.06. The van der Waals surface area contributed by atoms with Gasteiger partial charge in [0.1, 0.15) is 11.3 Å². The molecule has 0 fully saturated rings. The number of phenols is 1. The molecule has 0 saturated carbocycles. The molecule has 82 valence electrons. The summed E-state index contributed by atoms with van der Waals surface area (Å²) < 4.78 is 0. The van der Waals surface area contributed by atoms with E-state index in [4.69, 9.17) is 10.8 Å². The summed E-state index contributed by atoms with van der Waals surface area (Å²) in [5.41, 5.74) is 6.49. The lowest BCUT2D eigenvalue weighted by Crippen LogP contribution is -2.10. The molecule has 0 heterocycles. The molecule has 0 spiro atoms. The Bertz CT molecular complexity index is 363. The van der Waals surface area contributed by atoms with Gasteiger partial charge in [-0.3, -0.25) is 0 Å². The maximum atomic E-state index is 10.8. The van der Waals surface area contributed by atoms with Crippen LogP contribution in [0.4, 0.5) is 0 Å². The summed E-state index contributed by atoms with van der Waals surface area (Å²) in [5, 5.41) is 18.1. The Morgan fingerprint density at radius 1 is 1.53 bits per heavy atom. The molecule has 1 unspecified atom stereocenters. The van der Waals surface area contributed by atoms with Crippen LogP contribution >= 0.6 is 0 Å². The van der Waals surface area contributed by atoms with E-state index in [1.165, 1.54) is 12.1 Å². The molecule has 0 amide bonds. The molecule has 1 atom stereocenters. The highest BCUT2D eigenvalue weighted by molar-refractivity contribution is 5.90. The van der Waals surface area contributed by atoms with Crippen LogP contribution in [0.1, 0.15) is 41.7 Å². The number of carbonyl (C=O) groups is 1. The zero-order chi connectivity index (χ0) is 11.4. The van der Waals surface area contributed by atoms with Crippen LogP contribution in [-0.2, 0) is 0 Å². The van der Waals surface area contributed by atoms with Crippen molar-refractivity contribution in [3.8, 4) is 5.75 Å². The smallest absolute Gasteiger partial charge is 0.339 e. The minimum Gasteiger partial charge on any atom is -0.507 e. The first-order valence-electron chi connectivity index (χ1n) is 4.88. The topological polar surface area (TPSA) is 83.5 Å². The van der Waals surface area contributed by atoms with Crippen LogP contribution in [0.2, 0.25) is 0 Å². The van der Waals surface area contributed by atoms with Gasteiger partial charge in [-0.05, 0) is 24.1 Å². The Morgan fingerprint density at radius 3 is 2.73 bits per heavy atom. The van der Waals surface area contributed by atoms with Crippen molar-refractivity contribution < 1.29 is 15.0 Å². The summed E-state index contributed by atoms with van der Waals surface area (Å²) in [6.45, 7) is 2.01. The van der Waals surface area contributed by atoms with Gasteiger partial charge in [0.2, 0.25) is 0 Å². The summed E-state index contributed by atoms with van der Waals surface area (Å²) in [5.74, 6) is -1.37. The van der Waals surface area contributed by atoms with Gasteiger partial charge in [0.05, 0.1) is 0 Å². The number of hydrogen-bond donors (Lipinski definition) is 3. The monoisotopic (exact) mass is 209 g/mol. The molecular formula is C11H15NO3. The molecule has 0 saturated heterocycles. The molecule has 4 N–H and O–H groups in total.